The van der Waals surface area contributed by atoms with Gasteiger partial charge in [0.25, 0.3) is 0 Å². The third kappa shape index (κ3) is 2.66. The second-order valence-electron chi connectivity index (χ2n) is 6.95. The first-order chi connectivity index (χ1) is 12.6. The molecule has 0 bridgehead atoms. The zero-order valence-electron chi connectivity index (χ0n) is 15.3. The molecule has 0 radical (unpaired) electrons. The molecular formula is C22H23NO3. The Morgan fingerprint density at radius 3 is 2.62 bits per heavy atom. The van der Waals surface area contributed by atoms with Crippen LogP contribution in [-0.4, -0.2) is 20.0 Å². The van der Waals surface area contributed by atoms with Crippen LogP contribution in [0.15, 0.2) is 48.6 Å². The van der Waals surface area contributed by atoms with Crippen LogP contribution in [0.5, 0.6) is 11.5 Å². The largest absolute Gasteiger partial charge is 0.493 e. The number of Topliss-reactive ketones (excluding diaryl/α,β-unsaturated/α-hetero) is 1. The molecule has 2 aromatic carbocycles. The number of hydrogen-bond donors (Lipinski definition) is 1. The number of ketones is 1. The molecule has 1 N–H and O–H groups in total. The van der Waals surface area contributed by atoms with Crippen LogP contribution in [0, 0.1) is 5.92 Å². The number of nitrogens with one attached hydrogen (secondary N) is 1. The first-order valence-electron chi connectivity index (χ1n) is 8.92. The van der Waals surface area contributed by atoms with E-state index >= 15 is 0 Å². The molecule has 4 rings (SSSR count). The standard InChI is InChI=1S/C22H23NO3/c1-13(24)14-7-9-19-18(11-14)16-5-4-6-17(16)22(23-19)15-8-10-20(25-2)21(12-15)26-3/h4-5,7-12,16-17,22-23H,6H2,1-3H3. The fraction of sp³-hybridized carbons (Fsp3) is 0.318. The number of hydrogen-bond acceptors (Lipinski definition) is 4. The summed E-state index contributed by atoms with van der Waals surface area (Å²) in [6.45, 7) is 1.62. The van der Waals surface area contributed by atoms with E-state index in [1.165, 1.54) is 11.1 Å². The number of carbonyl (C=O) groups is 1. The van der Waals surface area contributed by atoms with Crippen LogP contribution in [0.3, 0.4) is 0 Å². The summed E-state index contributed by atoms with van der Waals surface area (Å²) in [5, 5.41) is 3.69. The minimum absolute atomic E-state index is 0.105. The molecule has 1 aliphatic carbocycles. The number of anilines is 1. The van der Waals surface area contributed by atoms with Gasteiger partial charge in [0.15, 0.2) is 17.3 Å². The van der Waals surface area contributed by atoms with Crippen molar-refractivity contribution in [3.05, 3.63) is 65.2 Å². The van der Waals surface area contributed by atoms with E-state index in [1.807, 2.05) is 24.3 Å². The Morgan fingerprint density at radius 2 is 1.88 bits per heavy atom. The molecule has 3 unspecified atom stereocenters. The molecule has 2 aliphatic rings. The van der Waals surface area contributed by atoms with Crippen molar-refractivity contribution in [2.45, 2.75) is 25.3 Å². The van der Waals surface area contributed by atoms with Crippen molar-refractivity contribution in [1.29, 1.82) is 0 Å². The average molecular weight is 349 g/mol. The molecule has 26 heavy (non-hydrogen) atoms. The summed E-state index contributed by atoms with van der Waals surface area (Å²) in [5.41, 5.74) is 4.27. The van der Waals surface area contributed by atoms with Gasteiger partial charge in [-0.2, -0.15) is 0 Å². The van der Waals surface area contributed by atoms with Gasteiger partial charge < -0.3 is 14.8 Å². The summed E-state index contributed by atoms with van der Waals surface area (Å²) in [5.74, 6) is 2.33. The highest BCUT2D eigenvalue weighted by molar-refractivity contribution is 5.95. The maximum absolute atomic E-state index is 11.8. The maximum atomic E-state index is 11.8. The smallest absolute Gasteiger partial charge is 0.161 e. The van der Waals surface area contributed by atoms with Crippen molar-refractivity contribution in [2.24, 2.45) is 5.92 Å². The van der Waals surface area contributed by atoms with Gasteiger partial charge in [0.1, 0.15) is 0 Å². The second-order valence-corrected chi connectivity index (χ2v) is 6.95. The van der Waals surface area contributed by atoms with Gasteiger partial charge >= 0.3 is 0 Å². The van der Waals surface area contributed by atoms with Gasteiger partial charge in [0.05, 0.1) is 20.3 Å². The fourth-order valence-electron chi connectivity index (χ4n) is 4.19. The maximum Gasteiger partial charge on any atom is 0.161 e. The van der Waals surface area contributed by atoms with Gasteiger partial charge in [-0.3, -0.25) is 4.79 Å². The van der Waals surface area contributed by atoms with E-state index in [2.05, 4.69) is 29.6 Å². The number of rotatable bonds is 4. The lowest BCUT2D eigenvalue weighted by Crippen LogP contribution is -2.29. The minimum Gasteiger partial charge on any atom is -0.493 e. The van der Waals surface area contributed by atoms with Crippen LogP contribution in [0.4, 0.5) is 5.69 Å². The van der Waals surface area contributed by atoms with Crippen LogP contribution >= 0.6 is 0 Å². The predicted molar refractivity (Wildman–Crippen MR) is 102 cm³/mol. The van der Waals surface area contributed by atoms with Crippen LogP contribution in [0.25, 0.3) is 0 Å². The first-order valence-corrected chi connectivity index (χ1v) is 8.92. The molecule has 0 aromatic heterocycles. The van der Waals surface area contributed by atoms with E-state index in [0.29, 0.717) is 11.8 Å². The molecule has 0 amide bonds. The van der Waals surface area contributed by atoms with E-state index < -0.39 is 0 Å². The van der Waals surface area contributed by atoms with Gasteiger partial charge in [-0.05, 0) is 60.7 Å². The van der Waals surface area contributed by atoms with Crippen molar-refractivity contribution >= 4 is 11.5 Å². The lowest BCUT2D eigenvalue weighted by molar-refractivity contribution is 0.101. The second kappa shape index (κ2) is 6.52. The van der Waals surface area contributed by atoms with E-state index in [4.69, 9.17) is 9.47 Å². The topological polar surface area (TPSA) is 47.6 Å². The highest BCUT2D eigenvalue weighted by Gasteiger charge is 2.38. The van der Waals surface area contributed by atoms with Gasteiger partial charge in [-0.25, -0.2) is 0 Å². The Morgan fingerprint density at radius 1 is 1.08 bits per heavy atom. The molecule has 4 nitrogen and oxygen atoms in total. The predicted octanol–water partition coefficient (Wildman–Crippen LogP) is 4.73. The Labute approximate surface area is 153 Å². The third-order valence-electron chi connectivity index (χ3n) is 5.54. The fourth-order valence-corrected chi connectivity index (χ4v) is 4.19. The van der Waals surface area contributed by atoms with E-state index in [0.717, 1.165) is 29.2 Å². The van der Waals surface area contributed by atoms with Gasteiger partial charge in [-0.15, -0.1) is 0 Å². The summed E-state index contributed by atoms with van der Waals surface area (Å²) < 4.78 is 10.9. The monoisotopic (exact) mass is 349 g/mol. The van der Waals surface area contributed by atoms with Gasteiger partial charge in [0, 0.05) is 17.2 Å². The molecule has 0 spiro atoms. The van der Waals surface area contributed by atoms with E-state index in [-0.39, 0.29) is 11.8 Å². The summed E-state index contributed by atoms with van der Waals surface area (Å²) in [4.78, 5) is 11.8. The Hall–Kier alpha value is -2.75. The Kier molecular flexibility index (Phi) is 4.19. The van der Waals surface area contributed by atoms with Crippen molar-refractivity contribution in [3.63, 3.8) is 0 Å². The molecule has 0 saturated heterocycles. The summed E-state index contributed by atoms with van der Waals surface area (Å²) >= 11 is 0. The molecule has 0 saturated carbocycles. The van der Waals surface area contributed by atoms with Crippen LogP contribution in [-0.2, 0) is 0 Å². The SMILES string of the molecule is COc1ccc(C2Nc3ccc(C(C)=O)cc3C3C=CCC32)cc1OC. The number of allylic oxidation sites excluding steroid dienone is 2. The first kappa shape index (κ1) is 16.7. The van der Waals surface area contributed by atoms with Crippen LogP contribution in [0.1, 0.15) is 46.8 Å². The highest BCUT2D eigenvalue weighted by Crippen LogP contribution is 2.50. The zero-order valence-corrected chi connectivity index (χ0v) is 15.3. The zero-order chi connectivity index (χ0) is 18.3. The summed E-state index contributed by atoms with van der Waals surface area (Å²) in [6, 6.07) is 12.3. The lowest BCUT2D eigenvalue weighted by atomic mass is 9.76. The van der Waals surface area contributed by atoms with E-state index in [9.17, 15) is 4.79 Å². The van der Waals surface area contributed by atoms with Crippen molar-refractivity contribution in [2.75, 3.05) is 19.5 Å². The molecule has 2 aromatic rings. The average Bonchev–Trinajstić information content (AvgIpc) is 3.16. The summed E-state index contributed by atoms with van der Waals surface area (Å²) in [7, 11) is 3.31. The van der Waals surface area contributed by atoms with Crippen LogP contribution < -0.4 is 14.8 Å². The molecule has 1 aliphatic heterocycles. The highest BCUT2D eigenvalue weighted by atomic mass is 16.5. The normalized spacial score (nSPS) is 23.0. The minimum atomic E-state index is 0.105. The summed E-state index contributed by atoms with van der Waals surface area (Å²) in [6.07, 6.45) is 5.54. The lowest BCUT2D eigenvalue weighted by Gasteiger charge is -2.38. The van der Waals surface area contributed by atoms with E-state index in [1.54, 1.807) is 21.1 Å². The molecule has 0 fully saturated rings. The molecular weight excluding hydrogens is 326 g/mol. The Balaban J connectivity index is 1.75. The van der Waals surface area contributed by atoms with Crippen LogP contribution in [0.2, 0.25) is 0 Å². The molecule has 4 heteroatoms. The molecule has 134 valence electrons. The quantitative estimate of drug-likeness (QED) is 0.640. The van der Waals surface area contributed by atoms with Gasteiger partial charge in [0.2, 0.25) is 0 Å². The number of fused-ring (bicyclic) bond motifs is 3. The molecule has 3 atom stereocenters. The van der Waals surface area contributed by atoms with Gasteiger partial charge in [-0.1, -0.05) is 18.2 Å². The third-order valence-corrected chi connectivity index (χ3v) is 5.54. The Bertz CT molecular complexity index is 887. The van der Waals surface area contributed by atoms with Crippen molar-refractivity contribution < 1.29 is 14.3 Å². The van der Waals surface area contributed by atoms with Crippen molar-refractivity contribution in [1.82, 2.24) is 0 Å². The molecule has 1 heterocycles. The number of benzene rings is 2. The number of methoxy groups -OCH3 is 2. The number of carbonyl (C=O) groups excluding carboxylic acids is 1. The number of ether oxygens (including phenoxy) is 2. The van der Waals surface area contributed by atoms with Crippen molar-refractivity contribution in [3.8, 4) is 11.5 Å².